The second-order valence-corrected chi connectivity index (χ2v) is 3.87. The molecule has 1 amide bonds. The highest BCUT2D eigenvalue weighted by Crippen LogP contribution is 2.15. The molecule has 1 aromatic heterocycles. The number of anilines is 1. The molecular formula is C8H13N3OS. The Bertz CT molecular complexity index is 297. The first-order chi connectivity index (χ1) is 6.08. The second-order valence-electron chi connectivity index (χ2n) is 3.01. The molecule has 1 rings (SSSR count). The Morgan fingerprint density at radius 2 is 2.54 bits per heavy atom. The minimum Gasteiger partial charge on any atom is -0.370 e. The molecule has 0 bridgehead atoms. The summed E-state index contributed by atoms with van der Waals surface area (Å²) in [5.74, 6) is -0.298. The number of rotatable bonds is 4. The summed E-state index contributed by atoms with van der Waals surface area (Å²) in [4.78, 5) is 14.8. The molecular weight excluding hydrogens is 186 g/mol. The molecule has 72 valence electrons. The number of primary amides is 1. The number of thiazole rings is 1. The molecule has 0 saturated heterocycles. The van der Waals surface area contributed by atoms with Gasteiger partial charge in [-0.15, -0.1) is 11.3 Å². The van der Waals surface area contributed by atoms with E-state index >= 15 is 0 Å². The van der Waals surface area contributed by atoms with Crippen molar-refractivity contribution in [1.82, 2.24) is 4.98 Å². The monoisotopic (exact) mass is 199 g/mol. The van der Waals surface area contributed by atoms with E-state index < -0.39 is 0 Å². The standard InChI is InChI=1S/C8H13N3OS/c1-5(3-7(9)12)10-8-11-6(2)4-13-8/h4-5H,3H2,1-2H3,(H2,9,12)(H,10,11). The van der Waals surface area contributed by atoms with Gasteiger partial charge in [0, 0.05) is 17.8 Å². The van der Waals surface area contributed by atoms with Gasteiger partial charge in [-0.1, -0.05) is 0 Å². The molecule has 1 heterocycles. The molecule has 3 N–H and O–H groups in total. The maximum absolute atomic E-state index is 10.6. The molecule has 0 spiro atoms. The molecule has 0 aliphatic heterocycles. The van der Waals surface area contributed by atoms with Gasteiger partial charge in [0.15, 0.2) is 5.13 Å². The number of nitrogens with one attached hydrogen (secondary N) is 1. The fraction of sp³-hybridized carbons (Fsp3) is 0.500. The normalized spacial score (nSPS) is 12.5. The van der Waals surface area contributed by atoms with Gasteiger partial charge >= 0.3 is 0 Å². The zero-order valence-corrected chi connectivity index (χ0v) is 8.52. The number of aryl methyl sites for hydroxylation is 1. The number of amides is 1. The van der Waals surface area contributed by atoms with Gasteiger partial charge in [0.05, 0.1) is 5.69 Å². The van der Waals surface area contributed by atoms with E-state index in [-0.39, 0.29) is 11.9 Å². The fourth-order valence-electron chi connectivity index (χ4n) is 0.984. The van der Waals surface area contributed by atoms with Crippen molar-refractivity contribution in [2.24, 2.45) is 5.73 Å². The Morgan fingerprint density at radius 3 is 3.00 bits per heavy atom. The largest absolute Gasteiger partial charge is 0.370 e. The highest BCUT2D eigenvalue weighted by atomic mass is 32.1. The number of nitrogens with zero attached hydrogens (tertiary/aromatic N) is 1. The minimum atomic E-state index is -0.298. The lowest BCUT2D eigenvalue weighted by molar-refractivity contribution is -0.118. The van der Waals surface area contributed by atoms with Crippen molar-refractivity contribution < 1.29 is 4.79 Å². The summed E-state index contributed by atoms with van der Waals surface area (Å²) in [5, 5.41) is 5.90. The van der Waals surface area contributed by atoms with Crippen LogP contribution in [0.2, 0.25) is 0 Å². The Kier molecular flexibility index (Phi) is 3.25. The van der Waals surface area contributed by atoms with Gasteiger partial charge in [-0.2, -0.15) is 0 Å². The summed E-state index contributed by atoms with van der Waals surface area (Å²) in [6.45, 7) is 3.84. The molecule has 13 heavy (non-hydrogen) atoms. The lowest BCUT2D eigenvalue weighted by Gasteiger charge is -2.09. The fourth-order valence-corrected chi connectivity index (χ4v) is 1.78. The first-order valence-electron chi connectivity index (χ1n) is 4.05. The third-order valence-electron chi connectivity index (χ3n) is 1.50. The van der Waals surface area contributed by atoms with Gasteiger partial charge in [0.2, 0.25) is 5.91 Å². The van der Waals surface area contributed by atoms with Gasteiger partial charge < -0.3 is 11.1 Å². The Hall–Kier alpha value is -1.10. The summed E-state index contributed by atoms with van der Waals surface area (Å²) in [6, 6.07) is 0.0445. The number of nitrogens with two attached hydrogens (primary N) is 1. The predicted octanol–water partition coefficient (Wildman–Crippen LogP) is 1.13. The van der Waals surface area contributed by atoms with Gasteiger partial charge in [0.25, 0.3) is 0 Å². The van der Waals surface area contributed by atoms with E-state index in [9.17, 15) is 4.79 Å². The smallest absolute Gasteiger partial charge is 0.219 e. The molecule has 1 atom stereocenters. The molecule has 0 aliphatic carbocycles. The van der Waals surface area contributed by atoms with E-state index in [0.29, 0.717) is 6.42 Å². The molecule has 5 heteroatoms. The van der Waals surface area contributed by atoms with Crippen LogP contribution in [0.1, 0.15) is 19.0 Å². The van der Waals surface area contributed by atoms with Gasteiger partial charge in [-0.3, -0.25) is 4.79 Å². The third kappa shape index (κ3) is 3.42. The summed E-state index contributed by atoms with van der Waals surface area (Å²) in [5.41, 5.74) is 6.04. The number of carbonyl (C=O) groups excluding carboxylic acids is 1. The first-order valence-corrected chi connectivity index (χ1v) is 4.93. The molecule has 1 unspecified atom stereocenters. The highest BCUT2D eigenvalue weighted by molar-refractivity contribution is 7.13. The van der Waals surface area contributed by atoms with Crippen molar-refractivity contribution in [3.05, 3.63) is 11.1 Å². The zero-order chi connectivity index (χ0) is 9.84. The number of hydrogen-bond donors (Lipinski definition) is 2. The van der Waals surface area contributed by atoms with Crippen LogP contribution in [0.4, 0.5) is 5.13 Å². The van der Waals surface area contributed by atoms with Crippen LogP contribution >= 0.6 is 11.3 Å². The third-order valence-corrected chi connectivity index (χ3v) is 2.39. The van der Waals surface area contributed by atoms with Crippen molar-refractivity contribution in [2.75, 3.05) is 5.32 Å². The molecule has 0 aromatic carbocycles. The zero-order valence-electron chi connectivity index (χ0n) is 7.70. The first kappa shape index (κ1) is 9.98. The van der Waals surface area contributed by atoms with Crippen LogP contribution in [0.15, 0.2) is 5.38 Å². The van der Waals surface area contributed by atoms with Crippen LogP contribution in [0.5, 0.6) is 0 Å². The van der Waals surface area contributed by atoms with E-state index in [0.717, 1.165) is 10.8 Å². The average Bonchev–Trinajstić information content (AvgIpc) is 2.33. The Morgan fingerprint density at radius 1 is 1.85 bits per heavy atom. The Balaban J connectivity index is 2.44. The van der Waals surface area contributed by atoms with Crippen LogP contribution in [0, 0.1) is 6.92 Å². The molecule has 0 aliphatic rings. The molecule has 0 fully saturated rings. The number of aromatic nitrogens is 1. The van der Waals surface area contributed by atoms with Gasteiger partial charge in [-0.25, -0.2) is 4.98 Å². The number of hydrogen-bond acceptors (Lipinski definition) is 4. The van der Waals surface area contributed by atoms with Crippen LogP contribution in [-0.4, -0.2) is 16.9 Å². The maximum atomic E-state index is 10.6. The van der Waals surface area contributed by atoms with E-state index in [4.69, 9.17) is 5.73 Å². The van der Waals surface area contributed by atoms with E-state index in [1.54, 1.807) is 0 Å². The number of carbonyl (C=O) groups is 1. The summed E-state index contributed by atoms with van der Waals surface area (Å²) >= 11 is 1.53. The SMILES string of the molecule is Cc1csc(NC(C)CC(N)=O)n1. The molecule has 0 saturated carbocycles. The van der Waals surface area contributed by atoms with Crippen LogP contribution < -0.4 is 11.1 Å². The Labute approximate surface area is 81.2 Å². The second kappa shape index (κ2) is 4.23. The van der Waals surface area contributed by atoms with E-state index in [1.165, 1.54) is 11.3 Å². The van der Waals surface area contributed by atoms with Crippen molar-refractivity contribution in [3.63, 3.8) is 0 Å². The van der Waals surface area contributed by atoms with Crippen molar-refractivity contribution >= 4 is 22.4 Å². The lowest BCUT2D eigenvalue weighted by Crippen LogP contribution is -2.23. The van der Waals surface area contributed by atoms with E-state index in [2.05, 4.69) is 10.3 Å². The molecule has 1 aromatic rings. The lowest BCUT2D eigenvalue weighted by atomic mass is 10.2. The summed E-state index contributed by atoms with van der Waals surface area (Å²) < 4.78 is 0. The summed E-state index contributed by atoms with van der Waals surface area (Å²) in [6.07, 6.45) is 0.332. The van der Waals surface area contributed by atoms with Gasteiger partial charge in [-0.05, 0) is 13.8 Å². The maximum Gasteiger partial charge on any atom is 0.219 e. The molecule has 0 radical (unpaired) electrons. The molecule has 4 nitrogen and oxygen atoms in total. The van der Waals surface area contributed by atoms with E-state index in [1.807, 2.05) is 19.2 Å². The van der Waals surface area contributed by atoms with Crippen molar-refractivity contribution in [1.29, 1.82) is 0 Å². The van der Waals surface area contributed by atoms with Gasteiger partial charge in [0.1, 0.15) is 0 Å². The van der Waals surface area contributed by atoms with Crippen LogP contribution in [0.25, 0.3) is 0 Å². The van der Waals surface area contributed by atoms with Crippen LogP contribution in [0.3, 0.4) is 0 Å². The summed E-state index contributed by atoms with van der Waals surface area (Å²) in [7, 11) is 0. The van der Waals surface area contributed by atoms with Crippen molar-refractivity contribution in [3.8, 4) is 0 Å². The van der Waals surface area contributed by atoms with Crippen molar-refractivity contribution in [2.45, 2.75) is 26.3 Å². The highest BCUT2D eigenvalue weighted by Gasteiger charge is 2.07. The minimum absolute atomic E-state index is 0.0445. The quantitative estimate of drug-likeness (QED) is 0.763. The topological polar surface area (TPSA) is 68.0 Å². The van der Waals surface area contributed by atoms with Crippen LogP contribution in [-0.2, 0) is 4.79 Å². The predicted molar refractivity (Wildman–Crippen MR) is 53.7 cm³/mol. The average molecular weight is 199 g/mol.